The Morgan fingerprint density at radius 2 is 0.857 bits per heavy atom. The van der Waals surface area contributed by atoms with Gasteiger partial charge in [-0.25, -0.2) is 9.97 Å². The highest BCUT2D eigenvalue weighted by Crippen LogP contribution is 2.42. The maximum Gasteiger partial charge on any atom is 0.161 e. The molecule has 0 atom stereocenters. The third kappa shape index (κ3) is 4.62. The van der Waals surface area contributed by atoms with Gasteiger partial charge in [0, 0.05) is 42.2 Å². The largest absolute Gasteiger partial charge is 0.228 e. The molecular weight excluding hydrogens is 613 g/mol. The molecule has 0 bridgehead atoms. The van der Waals surface area contributed by atoms with Crippen LogP contribution in [0.4, 0.5) is 0 Å². The molecule has 2 aromatic heterocycles. The summed E-state index contributed by atoms with van der Waals surface area (Å²) in [5.74, 6) is 0.723. The molecule has 0 aliphatic heterocycles. The zero-order valence-electron chi connectivity index (χ0n) is 26.5. The first kappa shape index (κ1) is 27.9. The summed E-state index contributed by atoms with van der Waals surface area (Å²) in [7, 11) is 0. The summed E-state index contributed by atoms with van der Waals surface area (Å²) in [6.45, 7) is 0. The third-order valence-electron chi connectivity index (χ3n) is 9.68. The van der Waals surface area contributed by atoms with E-state index in [4.69, 9.17) is 9.97 Å². The first-order valence-electron chi connectivity index (χ1n) is 16.6. The van der Waals surface area contributed by atoms with E-state index in [1.807, 2.05) is 23.5 Å². The number of hydrogen-bond donors (Lipinski definition) is 0. The van der Waals surface area contributed by atoms with E-state index in [1.54, 1.807) is 0 Å². The Bertz CT molecular complexity index is 2810. The van der Waals surface area contributed by atoms with Crippen molar-refractivity contribution in [3.05, 3.63) is 170 Å². The van der Waals surface area contributed by atoms with Crippen molar-refractivity contribution < 1.29 is 0 Å². The lowest BCUT2D eigenvalue weighted by Gasteiger charge is -2.16. The van der Waals surface area contributed by atoms with Crippen LogP contribution in [0.1, 0.15) is 0 Å². The van der Waals surface area contributed by atoms with Gasteiger partial charge < -0.3 is 0 Å². The minimum absolute atomic E-state index is 0.723. The first-order valence-corrected chi connectivity index (χ1v) is 17.4. The highest BCUT2D eigenvalue weighted by molar-refractivity contribution is 7.25. The number of rotatable bonds is 4. The van der Waals surface area contributed by atoms with Crippen molar-refractivity contribution in [3.8, 4) is 45.0 Å². The average Bonchev–Trinajstić information content (AvgIpc) is 3.56. The van der Waals surface area contributed by atoms with Crippen LogP contribution in [0.3, 0.4) is 0 Å². The molecule has 2 heterocycles. The van der Waals surface area contributed by atoms with Crippen LogP contribution in [0.15, 0.2) is 170 Å². The molecule has 0 fully saturated rings. The number of thiophene rings is 1. The van der Waals surface area contributed by atoms with Gasteiger partial charge in [-0.3, -0.25) is 0 Å². The molecule has 0 saturated heterocycles. The second-order valence-electron chi connectivity index (χ2n) is 12.5. The fraction of sp³-hybridized carbons (Fsp3) is 0. The molecule has 0 radical (unpaired) electrons. The average molecular weight is 641 g/mol. The molecule has 2 nitrogen and oxygen atoms in total. The van der Waals surface area contributed by atoms with Gasteiger partial charge in [0.05, 0.1) is 11.4 Å². The van der Waals surface area contributed by atoms with Crippen molar-refractivity contribution in [1.82, 2.24) is 9.97 Å². The Morgan fingerprint density at radius 1 is 0.327 bits per heavy atom. The first-order chi connectivity index (χ1) is 24.3. The molecule has 10 aromatic rings. The van der Waals surface area contributed by atoms with Gasteiger partial charge in [0.1, 0.15) is 0 Å². The van der Waals surface area contributed by atoms with E-state index in [2.05, 4.69) is 158 Å². The summed E-state index contributed by atoms with van der Waals surface area (Å²) < 4.78 is 2.64. The van der Waals surface area contributed by atoms with Gasteiger partial charge in [-0.15, -0.1) is 11.3 Å². The molecule has 49 heavy (non-hydrogen) atoms. The topological polar surface area (TPSA) is 25.8 Å². The number of nitrogens with zero attached hydrogens (tertiary/aromatic N) is 2. The van der Waals surface area contributed by atoms with Crippen LogP contribution in [0, 0.1) is 0 Å². The second-order valence-corrected chi connectivity index (χ2v) is 13.6. The zero-order valence-corrected chi connectivity index (χ0v) is 27.3. The highest BCUT2D eigenvalue weighted by Gasteiger charge is 2.18. The lowest BCUT2D eigenvalue weighted by Crippen LogP contribution is -1.97. The third-order valence-corrected chi connectivity index (χ3v) is 10.8. The van der Waals surface area contributed by atoms with Crippen LogP contribution in [0.2, 0.25) is 0 Å². The second kappa shape index (κ2) is 11.2. The molecule has 0 amide bonds. The number of aromatic nitrogens is 2. The Kier molecular flexibility index (Phi) is 6.39. The van der Waals surface area contributed by atoms with Crippen LogP contribution in [0.5, 0.6) is 0 Å². The predicted octanol–water partition coefficient (Wildman–Crippen LogP) is 13.0. The molecule has 3 heteroatoms. The van der Waals surface area contributed by atoms with E-state index in [0.717, 1.165) is 33.9 Å². The maximum absolute atomic E-state index is 5.24. The van der Waals surface area contributed by atoms with Gasteiger partial charge in [-0.05, 0) is 68.4 Å². The van der Waals surface area contributed by atoms with Crippen LogP contribution in [-0.4, -0.2) is 9.97 Å². The van der Waals surface area contributed by atoms with Gasteiger partial charge in [0.15, 0.2) is 5.82 Å². The van der Waals surface area contributed by atoms with Crippen LogP contribution >= 0.6 is 11.3 Å². The van der Waals surface area contributed by atoms with E-state index < -0.39 is 0 Å². The molecule has 0 unspecified atom stereocenters. The predicted molar refractivity (Wildman–Crippen MR) is 209 cm³/mol. The molecule has 0 N–H and O–H groups in total. The van der Waals surface area contributed by atoms with Crippen LogP contribution in [0.25, 0.3) is 97.5 Å². The minimum Gasteiger partial charge on any atom is -0.228 e. The quantitative estimate of drug-likeness (QED) is 0.179. The lowest BCUT2D eigenvalue weighted by atomic mass is 9.89. The zero-order chi connectivity index (χ0) is 32.3. The summed E-state index contributed by atoms with van der Waals surface area (Å²) >= 11 is 1.86. The minimum atomic E-state index is 0.723. The van der Waals surface area contributed by atoms with Crippen molar-refractivity contribution in [1.29, 1.82) is 0 Å². The molecule has 10 rings (SSSR count). The van der Waals surface area contributed by atoms with Crippen molar-refractivity contribution in [3.63, 3.8) is 0 Å². The van der Waals surface area contributed by atoms with Crippen LogP contribution < -0.4 is 0 Å². The van der Waals surface area contributed by atoms with Gasteiger partial charge in [0.2, 0.25) is 0 Å². The van der Waals surface area contributed by atoms with Crippen molar-refractivity contribution >= 4 is 63.8 Å². The fourth-order valence-corrected chi connectivity index (χ4v) is 8.44. The van der Waals surface area contributed by atoms with Gasteiger partial charge in [0.25, 0.3) is 0 Å². The number of benzene rings is 8. The maximum atomic E-state index is 5.24. The SMILES string of the molecule is c1ccc(-c2cc(-c3ccccc3)nc(-c3cccc4c5ccccc5c5cc(-c6ccc7sc8ccccc8c7c6)ccc5c34)n2)cc1. The van der Waals surface area contributed by atoms with E-state index >= 15 is 0 Å². The summed E-state index contributed by atoms with van der Waals surface area (Å²) in [4.78, 5) is 10.5. The molecule has 0 aliphatic rings. The van der Waals surface area contributed by atoms with Gasteiger partial charge in [-0.2, -0.15) is 0 Å². The Hall–Kier alpha value is -6.16. The molecule has 228 valence electrons. The standard InChI is InChI=1S/C46H28N2S/c1-3-12-29(13-4-1)41-28-42(30-14-5-2-6-15-30)48-46(47-41)38-20-11-19-36-33-16-7-8-17-34(33)39-26-31(22-24-37(39)45(36)38)32-23-25-44-40(27-32)35-18-9-10-21-43(35)49-44/h1-28H. The molecule has 0 spiro atoms. The monoisotopic (exact) mass is 640 g/mol. The van der Waals surface area contributed by atoms with Crippen molar-refractivity contribution in [2.45, 2.75) is 0 Å². The number of fused-ring (bicyclic) bond motifs is 9. The Morgan fingerprint density at radius 3 is 1.57 bits per heavy atom. The highest BCUT2D eigenvalue weighted by atomic mass is 32.1. The van der Waals surface area contributed by atoms with E-state index in [-0.39, 0.29) is 0 Å². The summed E-state index contributed by atoms with van der Waals surface area (Å²) in [5, 5.41) is 9.91. The van der Waals surface area contributed by atoms with E-state index in [9.17, 15) is 0 Å². The summed E-state index contributed by atoms with van der Waals surface area (Å²) in [6.07, 6.45) is 0. The van der Waals surface area contributed by atoms with Gasteiger partial charge in [-0.1, -0.05) is 140 Å². The van der Waals surface area contributed by atoms with Crippen LogP contribution in [-0.2, 0) is 0 Å². The molecular formula is C46H28N2S. The molecule has 0 saturated carbocycles. The van der Waals surface area contributed by atoms with E-state index in [1.165, 1.54) is 63.6 Å². The number of hydrogen-bond acceptors (Lipinski definition) is 3. The van der Waals surface area contributed by atoms with E-state index in [0.29, 0.717) is 0 Å². The van der Waals surface area contributed by atoms with Gasteiger partial charge >= 0.3 is 0 Å². The lowest BCUT2D eigenvalue weighted by molar-refractivity contribution is 1.19. The Balaban J connectivity index is 1.24. The fourth-order valence-electron chi connectivity index (χ4n) is 7.36. The smallest absolute Gasteiger partial charge is 0.161 e. The summed E-state index contributed by atoms with van der Waals surface area (Å²) in [6, 6.07) is 60.8. The van der Waals surface area contributed by atoms with Crippen molar-refractivity contribution in [2.24, 2.45) is 0 Å². The van der Waals surface area contributed by atoms with Crippen molar-refractivity contribution in [2.75, 3.05) is 0 Å². The Labute approximate surface area is 287 Å². The normalized spacial score (nSPS) is 11.7. The summed E-state index contributed by atoms with van der Waals surface area (Å²) in [5.41, 5.74) is 7.41. The molecule has 8 aromatic carbocycles. The molecule has 0 aliphatic carbocycles.